The van der Waals surface area contributed by atoms with Crippen molar-refractivity contribution < 1.29 is 0 Å². The minimum Gasteiger partial charge on any atom is -0.365 e. The summed E-state index contributed by atoms with van der Waals surface area (Å²) in [6.45, 7) is 2.29. The van der Waals surface area contributed by atoms with Crippen LogP contribution in [0.2, 0.25) is 0 Å². The van der Waals surface area contributed by atoms with E-state index >= 15 is 0 Å². The average molecular weight is 212 g/mol. The van der Waals surface area contributed by atoms with Gasteiger partial charge in [0, 0.05) is 23.2 Å². The van der Waals surface area contributed by atoms with E-state index in [1.54, 1.807) is 0 Å². The molecule has 0 saturated heterocycles. The molecule has 2 heteroatoms. The second kappa shape index (κ2) is 4.39. The van der Waals surface area contributed by atoms with Gasteiger partial charge in [0.2, 0.25) is 0 Å². The van der Waals surface area contributed by atoms with E-state index in [1.165, 1.54) is 25.0 Å². The number of nitrogens with one attached hydrogen (secondary N) is 1. The number of aromatic amines is 1. The molecular formula is C12H18ClN. The molecule has 0 aliphatic heterocycles. The molecule has 0 bridgehead atoms. The first-order chi connectivity index (χ1) is 6.81. The molecule has 0 amide bonds. The van der Waals surface area contributed by atoms with Crippen LogP contribution < -0.4 is 0 Å². The predicted octanol–water partition coefficient (Wildman–Crippen LogP) is 3.92. The zero-order valence-electron chi connectivity index (χ0n) is 8.67. The number of hydrogen-bond acceptors (Lipinski definition) is 0. The van der Waals surface area contributed by atoms with E-state index in [-0.39, 0.29) is 0 Å². The molecule has 0 radical (unpaired) electrons. The third kappa shape index (κ3) is 1.98. The molecule has 1 fully saturated rings. The van der Waals surface area contributed by atoms with Crippen LogP contribution in [0, 0.1) is 5.92 Å². The summed E-state index contributed by atoms with van der Waals surface area (Å²) in [5.41, 5.74) is 1.38. The first-order valence-corrected chi connectivity index (χ1v) is 6.02. The Morgan fingerprint density at radius 2 is 2.36 bits per heavy atom. The highest BCUT2D eigenvalue weighted by Gasteiger charge is 2.29. The molecule has 1 nitrogen and oxygen atoms in total. The summed E-state index contributed by atoms with van der Waals surface area (Å²) in [7, 11) is 0. The fourth-order valence-corrected chi connectivity index (χ4v) is 2.94. The largest absolute Gasteiger partial charge is 0.365 e. The number of halogens is 1. The summed E-state index contributed by atoms with van der Waals surface area (Å²) in [5, 5.41) is 0.381. The van der Waals surface area contributed by atoms with Gasteiger partial charge in [0.1, 0.15) is 0 Å². The Hall–Kier alpha value is -0.430. The van der Waals surface area contributed by atoms with Crippen LogP contribution in [-0.4, -0.2) is 10.4 Å². The minimum atomic E-state index is 0.381. The highest BCUT2D eigenvalue weighted by molar-refractivity contribution is 6.20. The predicted molar refractivity (Wildman–Crippen MR) is 60.8 cm³/mol. The lowest BCUT2D eigenvalue weighted by atomic mass is 9.76. The van der Waals surface area contributed by atoms with E-state index in [2.05, 4.69) is 24.0 Å². The molecule has 3 atom stereocenters. The summed E-state index contributed by atoms with van der Waals surface area (Å²) in [5.74, 6) is 1.48. The van der Waals surface area contributed by atoms with Gasteiger partial charge in [0.25, 0.3) is 0 Å². The van der Waals surface area contributed by atoms with Crippen molar-refractivity contribution in [3.05, 3.63) is 24.0 Å². The van der Waals surface area contributed by atoms with Crippen LogP contribution in [0.15, 0.2) is 18.3 Å². The molecule has 1 aliphatic rings. The lowest BCUT2D eigenvalue weighted by Crippen LogP contribution is -2.23. The van der Waals surface area contributed by atoms with Crippen LogP contribution >= 0.6 is 11.6 Å². The van der Waals surface area contributed by atoms with Gasteiger partial charge in [-0.2, -0.15) is 0 Å². The van der Waals surface area contributed by atoms with Gasteiger partial charge in [-0.1, -0.05) is 13.3 Å². The van der Waals surface area contributed by atoms with Crippen LogP contribution in [-0.2, 0) is 0 Å². The molecule has 2 rings (SSSR count). The lowest BCUT2D eigenvalue weighted by molar-refractivity contribution is 0.299. The standard InChI is InChI=1S/C12H18ClN/c1-2-9-5-6-10(13)8-11(9)12-4-3-7-14-12/h3-4,7,9-11,14H,2,5-6,8H2,1H3. The second-order valence-electron chi connectivity index (χ2n) is 4.31. The summed E-state index contributed by atoms with van der Waals surface area (Å²) < 4.78 is 0. The van der Waals surface area contributed by atoms with Crippen LogP contribution in [0.3, 0.4) is 0 Å². The van der Waals surface area contributed by atoms with Gasteiger partial charge >= 0.3 is 0 Å². The van der Waals surface area contributed by atoms with E-state index in [1.807, 2.05) is 6.20 Å². The molecule has 1 saturated carbocycles. The molecule has 1 heterocycles. The van der Waals surface area contributed by atoms with Crippen LogP contribution in [0.25, 0.3) is 0 Å². The van der Waals surface area contributed by atoms with Gasteiger partial charge in [-0.3, -0.25) is 0 Å². The summed E-state index contributed by atoms with van der Waals surface area (Å²) in [6.07, 6.45) is 6.90. The highest BCUT2D eigenvalue weighted by atomic mass is 35.5. The monoisotopic (exact) mass is 211 g/mol. The Bertz CT molecular complexity index is 268. The second-order valence-corrected chi connectivity index (χ2v) is 4.93. The molecule has 1 aromatic heterocycles. The summed E-state index contributed by atoms with van der Waals surface area (Å²) in [4.78, 5) is 3.33. The third-order valence-corrected chi connectivity index (χ3v) is 3.87. The Morgan fingerprint density at radius 3 is 3.00 bits per heavy atom. The molecule has 1 N–H and O–H groups in total. The zero-order valence-corrected chi connectivity index (χ0v) is 9.43. The smallest absolute Gasteiger partial charge is 0.0342 e. The maximum Gasteiger partial charge on any atom is 0.0342 e. The fourth-order valence-electron chi connectivity index (χ4n) is 2.63. The molecule has 0 aromatic carbocycles. The molecule has 14 heavy (non-hydrogen) atoms. The first-order valence-electron chi connectivity index (χ1n) is 5.58. The van der Waals surface area contributed by atoms with E-state index in [0.717, 1.165) is 12.3 Å². The number of rotatable bonds is 2. The Balaban J connectivity index is 2.13. The molecule has 1 aromatic rings. The molecular weight excluding hydrogens is 194 g/mol. The van der Waals surface area contributed by atoms with Crippen molar-refractivity contribution in [1.29, 1.82) is 0 Å². The van der Waals surface area contributed by atoms with Gasteiger partial charge in [-0.05, 0) is 37.3 Å². The quantitative estimate of drug-likeness (QED) is 0.714. The Morgan fingerprint density at radius 1 is 1.50 bits per heavy atom. The van der Waals surface area contributed by atoms with Crippen molar-refractivity contribution >= 4 is 11.6 Å². The van der Waals surface area contributed by atoms with Crippen LogP contribution in [0.5, 0.6) is 0 Å². The summed E-state index contributed by atoms with van der Waals surface area (Å²) >= 11 is 6.24. The van der Waals surface area contributed by atoms with Crippen molar-refractivity contribution in [2.24, 2.45) is 5.92 Å². The van der Waals surface area contributed by atoms with Gasteiger partial charge in [-0.15, -0.1) is 11.6 Å². The number of alkyl halides is 1. The van der Waals surface area contributed by atoms with E-state index < -0.39 is 0 Å². The average Bonchev–Trinajstić information content (AvgIpc) is 2.70. The topological polar surface area (TPSA) is 15.8 Å². The maximum atomic E-state index is 6.24. The highest BCUT2D eigenvalue weighted by Crippen LogP contribution is 2.40. The molecule has 78 valence electrons. The Kier molecular flexibility index (Phi) is 3.17. The van der Waals surface area contributed by atoms with E-state index in [0.29, 0.717) is 11.3 Å². The fraction of sp³-hybridized carbons (Fsp3) is 0.667. The zero-order chi connectivity index (χ0) is 9.97. The molecule has 3 unspecified atom stereocenters. The van der Waals surface area contributed by atoms with Crippen molar-refractivity contribution in [3.63, 3.8) is 0 Å². The van der Waals surface area contributed by atoms with Gasteiger partial charge < -0.3 is 4.98 Å². The van der Waals surface area contributed by atoms with E-state index in [4.69, 9.17) is 11.6 Å². The number of hydrogen-bond donors (Lipinski definition) is 1. The van der Waals surface area contributed by atoms with Crippen molar-refractivity contribution in [2.45, 2.75) is 43.9 Å². The van der Waals surface area contributed by atoms with E-state index in [9.17, 15) is 0 Å². The van der Waals surface area contributed by atoms with Crippen molar-refractivity contribution in [3.8, 4) is 0 Å². The molecule has 1 aliphatic carbocycles. The van der Waals surface area contributed by atoms with Crippen LogP contribution in [0.1, 0.15) is 44.2 Å². The first kappa shape index (κ1) is 10.1. The molecule has 0 spiro atoms. The Labute approximate surface area is 90.9 Å². The summed E-state index contributed by atoms with van der Waals surface area (Å²) in [6, 6.07) is 4.28. The number of H-pyrrole nitrogens is 1. The normalized spacial score (nSPS) is 33.1. The SMILES string of the molecule is CCC1CCC(Cl)CC1c1ccc[nH]1. The lowest BCUT2D eigenvalue weighted by Gasteiger charge is -2.32. The minimum absolute atomic E-state index is 0.381. The number of aromatic nitrogens is 1. The van der Waals surface area contributed by atoms with Gasteiger partial charge in [0.05, 0.1) is 0 Å². The van der Waals surface area contributed by atoms with Crippen molar-refractivity contribution in [1.82, 2.24) is 4.98 Å². The maximum absolute atomic E-state index is 6.24. The van der Waals surface area contributed by atoms with Crippen LogP contribution in [0.4, 0.5) is 0 Å². The van der Waals surface area contributed by atoms with Gasteiger partial charge in [0.15, 0.2) is 0 Å². The van der Waals surface area contributed by atoms with Gasteiger partial charge in [-0.25, -0.2) is 0 Å². The van der Waals surface area contributed by atoms with Crippen molar-refractivity contribution in [2.75, 3.05) is 0 Å². The third-order valence-electron chi connectivity index (χ3n) is 3.48.